The predicted octanol–water partition coefficient (Wildman–Crippen LogP) is 14.1. The molecule has 4 heteroatoms. The summed E-state index contributed by atoms with van der Waals surface area (Å²) in [5.41, 5.74) is 14.2. The van der Waals surface area contributed by atoms with Gasteiger partial charge in [-0.25, -0.2) is 0 Å². The highest BCUT2D eigenvalue weighted by atomic mass is 15.0. The Labute approximate surface area is 333 Å². The fourth-order valence-corrected chi connectivity index (χ4v) is 10.0. The molecule has 4 nitrogen and oxygen atoms in total. The lowest BCUT2D eigenvalue weighted by Crippen LogP contribution is -1.97. The molecule has 0 aliphatic heterocycles. The van der Waals surface area contributed by atoms with Gasteiger partial charge in [0.2, 0.25) is 0 Å². The van der Waals surface area contributed by atoms with E-state index in [2.05, 4.69) is 225 Å². The summed E-state index contributed by atoms with van der Waals surface area (Å²) in [5.74, 6) is 0. The van der Waals surface area contributed by atoms with Crippen LogP contribution in [0.2, 0.25) is 0 Å². The van der Waals surface area contributed by atoms with Gasteiger partial charge in [-0.05, 0) is 84.9 Å². The van der Waals surface area contributed by atoms with E-state index in [0.717, 1.165) is 17.1 Å². The maximum atomic E-state index is 2.51. The summed E-state index contributed by atoms with van der Waals surface area (Å²) < 4.78 is 9.81. The first kappa shape index (κ1) is 31.4. The molecule has 0 unspecified atom stereocenters. The smallest absolute Gasteiger partial charge is 0.0641 e. The Kier molecular flexibility index (Phi) is 6.41. The second-order valence-electron chi connectivity index (χ2n) is 15.3. The molecule has 0 amide bonds. The highest BCUT2D eigenvalue weighted by Crippen LogP contribution is 2.45. The minimum absolute atomic E-state index is 1.14. The Hall–Kier alpha value is -7.82. The van der Waals surface area contributed by atoms with Crippen LogP contribution >= 0.6 is 0 Å². The van der Waals surface area contributed by atoms with E-state index in [-0.39, 0.29) is 0 Å². The lowest BCUT2D eigenvalue weighted by molar-refractivity contribution is 1.16. The predicted molar refractivity (Wildman–Crippen MR) is 244 cm³/mol. The molecule has 0 spiro atoms. The van der Waals surface area contributed by atoms with Crippen LogP contribution in [-0.2, 0) is 0 Å². The highest BCUT2D eigenvalue weighted by Gasteiger charge is 2.24. The molecule has 0 radical (unpaired) electrons. The number of hydrogen-bond donors (Lipinski definition) is 0. The zero-order chi connectivity index (χ0) is 37.9. The van der Waals surface area contributed by atoms with Crippen molar-refractivity contribution >= 4 is 87.2 Å². The molecule has 0 saturated heterocycles. The van der Waals surface area contributed by atoms with Crippen molar-refractivity contribution < 1.29 is 0 Å². The fourth-order valence-electron chi connectivity index (χ4n) is 10.0. The van der Waals surface area contributed by atoms with Crippen LogP contribution in [0.4, 0.5) is 0 Å². The topological polar surface area (TPSA) is 19.7 Å². The van der Waals surface area contributed by atoms with Gasteiger partial charge in [-0.1, -0.05) is 121 Å². The molecule has 0 N–H and O–H groups in total. The molecule has 4 aromatic heterocycles. The minimum atomic E-state index is 1.14. The van der Waals surface area contributed by atoms with Gasteiger partial charge in [0.15, 0.2) is 0 Å². The summed E-state index contributed by atoms with van der Waals surface area (Å²) >= 11 is 0. The van der Waals surface area contributed by atoms with Crippen LogP contribution in [-0.4, -0.2) is 18.3 Å². The number of para-hydroxylation sites is 6. The van der Waals surface area contributed by atoms with Gasteiger partial charge in [-0.15, -0.1) is 0 Å². The van der Waals surface area contributed by atoms with Gasteiger partial charge in [-0.2, -0.15) is 0 Å². The molecule has 0 fully saturated rings. The van der Waals surface area contributed by atoms with Crippen molar-refractivity contribution in [2.45, 2.75) is 0 Å². The van der Waals surface area contributed by atoms with E-state index < -0.39 is 0 Å². The number of rotatable bonds is 4. The van der Waals surface area contributed by atoms with Crippen molar-refractivity contribution in [1.82, 2.24) is 18.3 Å². The number of aromatic nitrogens is 4. The summed E-state index contributed by atoms with van der Waals surface area (Å²) in [5, 5.41) is 9.95. The van der Waals surface area contributed by atoms with Gasteiger partial charge < -0.3 is 18.3 Å². The van der Waals surface area contributed by atoms with Crippen LogP contribution in [0.15, 0.2) is 206 Å². The standard InChI is InChI=1S/C54H34N4/c1-3-16-35(17-4-1)55-44-24-11-8-21-39(44)43-34-37(30-32-48(43)55)56-46-26-13-9-22-41(46)52-49(56)28-15-29-50(52)58-47-27-14-10-23-42(47)53-51(58)33-31-40-38-20-7-12-25-45(38)57(54(40)53)36-18-5-2-6-19-36/h1-34H. The van der Waals surface area contributed by atoms with E-state index in [1.165, 1.54) is 92.9 Å². The molecule has 0 bridgehead atoms. The number of hydrogen-bond acceptors (Lipinski definition) is 0. The van der Waals surface area contributed by atoms with E-state index in [4.69, 9.17) is 0 Å². The van der Waals surface area contributed by atoms with Crippen LogP contribution in [0.1, 0.15) is 0 Å². The van der Waals surface area contributed by atoms with Crippen molar-refractivity contribution in [2.75, 3.05) is 0 Å². The molecule has 9 aromatic carbocycles. The SMILES string of the molecule is c1ccc(-n2c3ccccc3c3cc(-n4c5ccccc5c5c(-n6c7ccccc7c7c6ccc6c8ccccc8n(-c8ccccc8)c67)cccc54)ccc32)cc1. The Bertz CT molecular complexity index is 3780. The normalized spacial score (nSPS) is 12.1. The first-order chi connectivity index (χ1) is 28.8. The molecule has 0 saturated carbocycles. The molecule has 13 aromatic rings. The third-order valence-corrected chi connectivity index (χ3v) is 12.3. The van der Waals surface area contributed by atoms with Gasteiger partial charge in [-0.3, -0.25) is 0 Å². The van der Waals surface area contributed by atoms with Crippen molar-refractivity contribution in [3.05, 3.63) is 206 Å². The molecule has 270 valence electrons. The summed E-state index contributed by atoms with van der Waals surface area (Å²) in [4.78, 5) is 0. The van der Waals surface area contributed by atoms with Gasteiger partial charge in [0.25, 0.3) is 0 Å². The Morgan fingerprint density at radius 1 is 0.224 bits per heavy atom. The summed E-state index contributed by atoms with van der Waals surface area (Å²) in [7, 11) is 0. The summed E-state index contributed by atoms with van der Waals surface area (Å²) in [6.45, 7) is 0. The summed E-state index contributed by atoms with van der Waals surface area (Å²) in [6, 6.07) is 75.4. The van der Waals surface area contributed by atoms with Crippen LogP contribution < -0.4 is 0 Å². The molecule has 0 aliphatic carbocycles. The highest BCUT2D eigenvalue weighted by molar-refractivity contribution is 6.27. The molecule has 0 aliphatic rings. The maximum absolute atomic E-state index is 2.51. The maximum Gasteiger partial charge on any atom is 0.0641 e. The van der Waals surface area contributed by atoms with E-state index in [9.17, 15) is 0 Å². The summed E-state index contributed by atoms with van der Waals surface area (Å²) in [6.07, 6.45) is 0. The Morgan fingerprint density at radius 3 is 1.36 bits per heavy atom. The largest absolute Gasteiger partial charge is 0.309 e. The Balaban J connectivity index is 1.12. The number of nitrogens with zero attached hydrogens (tertiary/aromatic N) is 4. The van der Waals surface area contributed by atoms with E-state index in [1.807, 2.05) is 0 Å². The number of fused-ring (bicyclic) bond motifs is 13. The van der Waals surface area contributed by atoms with Crippen LogP contribution in [0, 0.1) is 0 Å². The number of benzene rings is 9. The average Bonchev–Trinajstić information content (AvgIpc) is 4.02. The fraction of sp³-hybridized carbons (Fsp3) is 0. The molecule has 13 rings (SSSR count). The first-order valence-corrected chi connectivity index (χ1v) is 20.0. The second kappa shape index (κ2) is 11.8. The van der Waals surface area contributed by atoms with Gasteiger partial charge in [0.1, 0.15) is 0 Å². The lowest BCUT2D eigenvalue weighted by Gasteiger charge is -2.12. The van der Waals surface area contributed by atoms with Gasteiger partial charge in [0, 0.05) is 60.2 Å². The van der Waals surface area contributed by atoms with Crippen molar-refractivity contribution in [3.63, 3.8) is 0 Å². The van der Waals surface area contributed by atoms with Crippen LogP contribution in [0.25, 0.3) is 110 Å². The van der Waals surface area contributed by atoms with Crippen molar-refractivity contribution in [3.8, 4) is 22.7 Å². The first-order valence-electron chi connectivity index (χ1n) is 20.0. The minimum Gasteiger partial charge on any atom is -0.309 e. The molecular formula is C54H34N4. The molecule has 58 heavy (non-hydrogen) atoms. The second-order valence-corrected chi connectivity index (χ2v) is 15.3. The average molecular weight is 739 g/mol. The van der Waals surface area contributed by atoms with Crippen LogP contribution in [0.5, 0.6) is 0 Å². The third kappa shape index (κ3) is 4.18. The zero-order valence-corrected chi connectivity index (χ0v) is 31.4. The third-order valence-electron chi connectivity index (χ3n) is 12.3. The zero-order valence-electron chi connectivity index (χ0n) is 31.4. The van der Waals surface area contributed by atoms with Gasteiger partial charge >= 0.3 is 0 Å². The Morgan fingerprint density at radius 2 is 0.672 bits per heavy atom. The van der Waals surface area contributed by atoms with Gasteiger partial charge in [0.05, 0.1) is 49.8 Å². The molecular weight excluding hydrogens is 705 g/mol. The van der Waals surface area contributed by atoms with E-state index in [0.29, 0.717) is 0 Å². The lowest BCUT2D eigenvalue weighted by atomic mass is 10.1. The quantitative estimate of drug-likeness (QED) is 0.171. The van der Waals surface area contributed by atoms with E-state index >= 15 is 0 Å². The van der Waals surface area contributed by atoms with Crippen molar-refractivity contribution in [2.24, 2.45) is 0 Å². The molecule has 0 atom stereocenters. The van der Waals surface area contributed by atoms with E-state index in [1.54, 1.807) is 0 Å². The van der Waals surface area contributed by atoms with Crippen LogP contribution in [0.3, 0.4) is 0 Å². The van der Waals surface area contributed by atoms with Crippen molar-refractivity contribution in [1.29, 1.82) is 0 Å². The monoisotopic (exact) mass is 738 g/mol. The molecule has 4 heterocycles.